The summed E-state index contributed by atoms with van der Waals surface area (Å²) >= 11 is 1.32. The molecule has 1 rings (SSSR count). The Bertz CT molecular complexity index is 547. The van der Waals surface area contributed by atoms with Crippen LogP contribution in [-0.4, -0.2) is 25.7 Å². The van der Waals surface area contributed by atoms with Crippen LogP contribution < -0.4 is 0 Å². The number of rotatable bonds is 7. The molecule has 0 bridgehead atoms. The van der Waals surface area contributed by atoms with Crippen molar-refractivity contribution in [3.05, 3.63) is 41.8 Å². The van der Waals surface area contributed by atoms with Crippen LogP contribution in [0.2, 0.25) is 0 Å². The molecule has 1 unspecified atom stereocenters. The fraction of sp³-hybridized carbons (Fsp3) is 0.357. The molecule has 0 aliphatic heterocycles. The van der Waals surface area contributed by atoms with Crippen LogP contribution in [0.15, 0.2) is 46.7 Å². The third kappa shape index (κ3) is 4.21. The molecule has 0 radical (unpaired) electrons. The number of sulfone groups is 1. The zero-order chi connectivity index (χ0) is 14.5. The number of hydrogen-bond donors (Lipinski definition) is 0. The predicted molar refractivity (Wildman–Crippen MR) is 80.0 cm³/mol. The number of carbonyl (C=O) groups is 1. The number of thioether (sulfide) groups is 1. The summed E-state index contributed by atoms with van der Waals surface area (Å²) in [4.78, 5) is 11.9. The molecule has 104 valence electrons. The molecule has 0 N–H and O–H groups in total. The van der Waals surface area contributed by atoms with Crippen LogP contribution in [-0.2, 0) is 14.6 Å². The van der Waals surface area contributed by atoms with Crippen molar-refractivity contribution < 1.29 is 13.2 Å². The van der Waals surface area contributed by atoms with E-state index in [9.17, 15) is 13.2 Å². The normalized spacial score (nSPS) is 12.9. The topological polar surface area (TPSA) is 51.2 Å². The number of hydrogen-bond acceptors (Lipinski definition) is 4. The molecule has 3 nitrogen and oxygen atoms in total. The molecule has 19 heavy (non-hydrogen) atoms. The molecular weight excluding hydrogens is 280 g/mol. The van der Waals surface area contributed by atoms with Gasteiger partial charge in [-0.15, -0.1) is 11.8 Å². The van der Waals surface area contributed by atoms with E-state index in [0.29, 0.717) is 4.91 Å². The third-order valence-electron chi connectivity index (χ3n) is 2.83. The molecule has 1 aromatic rings. The summed E-state index contributed by atoms with van der Waals surface area (Å²) < 4.78 is 25.1. The summed E-state index contributed by atoms with van der Waals surface area (Å²) in [6, 6.07) is 8.30. The summed E-state index contributed by atoms with van der Waals surface area (Å²) in [6.45, 7) is 5.28. The molecule has 0 heterocycles. The fourth-order valence-electron chi connectivity index (χ4n) is 1.73. The van der Waals surface area contributed by atoms with E-state index < -0.39 is 15.1 Å². The molecule has 1 atom stereocenters. The summed E-state index contributed by atoms with van der Waals surface area (Å²) in [6.07, 6.45) is 2.33. The van der Waals surface area contributed by atoms with Gasteiger partial charge in [0.2, 0.25) is 0 Å². The van der Waals surface area contributed by atoms with E-state index in [2.05, 4.69) is 6.58 Å². The van der Waals surface area contributed by atoms with Crippen LogP contribution in [0.1, 0.15) is 19.8 Å². The van der Waals surface area contributed by atoms with E-state index in [-0.39, 0.29) is 23.5 Å². The van der Waals surface area contributed by atoms with E-state index in [0.717, 1.165) is 0 Å². The first kappa shape index (κ1) is 16.0. The van der Waals surface area contributed by atoms with Crippen molar-refractivity contribution in [2.24, 2.45) is 0 Å². The van der Waals surface area contributed by atoms with Crippen molar-refractivity contribution in [2.75, 3.05) is 6.26 Å². The van der Waals surface area contributed by atoms with Gasteiger partial charge in [0.1, 0.15) is 5.78 Å². The van der Waals surface area contributed by atoms with E-state index in [4.69, 9.17) is 0 Å². The highest BCUT2D eigenvalue weighted by Crippen LogP contribution is 2.29. The first-order valence-corrected chi connectivity index (χ1v) is 8.68. The quantitative estimate of drug-likeness (QED) is 0.776. The lowest BCUT2D eigenvalue weighted by atomic mass is 10.2. The Morgan fingerprint density at radius 3 is 2.37 bits per heavy atom. The minimum Gasteiger partial charge on any atom is -0.300 e. The van der Waals surface area contributed by atoms with Gasteiger partial charge in [-0.1, -0.05) is 24.8 Å². The Labute approximate surface area is 119 Å². The van der Waals surface area contributed by atoms with Crippen molar-refractivity contribution in [3.8, 4) is 0 Å². The summed E-state index contributed by atoms with van der Waals surface area (Å²) in [5, 5.41) is -0.714. The minimum atomic E-state index is -3.48. The molecular formula is C14H18O3S2. The number of benzene rings is 1. The van der Waals surface area contributed by atoms with Crippen LogP contribution in [0.5, 0.6) is 0 Å². The average molecular weight is 298 g/mol. The van der Waals surface area contributed by atoms with Gasteiger partial charge in [-0.05, 0) is 36.6 Å². The fourth-order valence-corrected chi connectivity index (χ4v) is 4.42. The maximum Gasteiger partial charge on any atom is 0.185 e. The Morgan fingerprint density at radius 1 is 1.32 bits per heavy atom. The lowest BCUT2D eigenvalue weighted by Gasteiger charge is -2.18. The highest BCUT2D eigenvalue weighted by Gasteiger charge is 2.29. The molecule has 1 aromatic carbocycles. The van der Waals surface area contributed by atoms with E-state index >= 15 is 0 Å². The first-order valence-electron chi connectivity index (χ1n) is 5.90. The van der Waals surface area contributed by atoms with E-state index in [1.807, 2.05) is 0 Å². The van der Waals surface area contributed by atoms with Gasteiger partial charge >= 0.3 is 0 Å². The summed E-state index contributed by atoms with van der Waals surface area (Å²) in [5.41, 5.74) is 0. The second kappa shape index (κ2) is 6.91. The van der Waals surface area contributed by atoms with Gasteiger partial charge in [0.15, 0.2) is 9.84 Å². The molecule has 0 saturated carbocycles. The highest BCUT2D eigenvalue weighted by molar-refractivity contribution is 8.04. The number of carbonyl (C=O) groups excluding carboxylic acids is 1. The molecule has 0 aromatic heterocycles. The summed E-state index contributed by atoms with van der Waals surface area (Å²) in [7, 11) is -3.48. The highest BCUT2D eigenvalue weighted by atomic mass is 32.2. The van der Waals surface area contributed by atoms with Gasteiger partial charge < -0.3 is 4.79 Å². The van der Waals surface area contributed by atoms with Crippen LogP contribution >= 0.6 is 11.8 Å². The minimum absolute atomic E-state index is 0.0119. The molecule has 0 amide bonds. The maximum absolute atomic E-state index is 12.6. The monoisotopic (exact) mass is 298 g/mol. The van der Waals surface area contributed by atoms with Crippen LogP contribution in [0, 0.1) is 0 Å². The van der Waals surface area contributed by atoms with Crippen LogP contribution in [0.4, 0.5) is 0 Å². The molecule has 0 spiro atoms. The standard InChI is InChI=1S/C14H18O3S2/c1-11(15)9-10-14(12(2)18-3)19(16,17)13-7-5-4-6-8-13/h4-8,14H,2,9-10H2,1,3H3. The van der Waals surface area contributed by atoms with Gasteiger partial charge in [0, 0.05) is 6.42 Å². The van der Waals surface area contributed by atoms with Gasteiger partial charge in [0.25, 0.3) is 0 Å². The van der Waals surface area contributed by atoms with E-state index in [1.165, 1.54) is 18.7 Å². The Hall–Kier alpha value is -1.07. The smallest absolute Gasteiger partial charge is 0.185 e. The van der Waals surface area contributed by atoms with Crippen molar-refractivity contribution in [2.45, 2.75) is 29.9 Å². The first-order chi connectivity index (χ1) is 8.89. The zero-order valence-corrected chi connectivity index (χ0v) is 12.8. The van der Waals surface area contributed by atoms with Gasteiger partial charge in [-0.3, -0.25) is 0 Å². The Morgan fingerprint density at radius 2 is 1.89 bits per heavy atom. The Kier molecular flexibility index (Phi) is 5.82. The van der Waals surface area contributed by atoms with E-state index in [1.54, 1.807) is 36.6 Å². The summed E-state index contributed by atoms with van der Waals surface area (Å²) in [5.74, 6) is -0.0119. The van der Waals surface area contributed by atoms with Crippen molar-refractivity contribution in [1.82, 2.24) is 0 Å². The molecule has 0 aliphatic rings. The van der Waals surface area contributed by atoms with Gasteiger partial charge in [-0.2, -0.15) is 0 Å². The lowest BCUT2D eigenvalue weighted by Crippen LogP contribution is -2.23. The van der Waals surface area contributed by atoms with Crippen molar-refractivity contribution in [1.29, 1.82) is 0 Å². The predicted octanol–water partition coefficient (Wildman–Crippen LogP) is 3.07. The third-order valence-corrected chi connectivity index (χ3v) is 5.98. The van der Waals surface area contributed by atoms with Gasteiger partial charge in [0.05, 0.1) is 10.1 Å². The second-order valence-corrected chi connectivity index (χ2v) is 7.32. The molecule has 0 saturated heterocycles. The van der Waals surface area contributed by atoms with Crippen LogP contribution in [0.3, 0.4) is 0 Å². The largest absolute Gasteiger partial charge is 0.300 e. The molecule has 0 fully saturated rings. The van der Waals surface area contributed by atoms with Crippen LogP contribution in [0.25, 0.3) is 0 Å². The zero-order valence-electron chi connectivity index (χ0n) is 11.1. The lowest BCUT2D eigenvalue weighted by molar-refractivity contribution is -0.117. The SMILES string of the molecule is C=C(SC)C(CCC(C)=O)S(=O)(=O)c1ccccc1. The van der Waals surface area contributed by atoms with Gasteiger partial charge in [-0.25, -0.2) is 8.42 Å². The number of ketones is 1. The van der Waals surface area contributed by atoms with Crippen molar-refractivity contribution in [3.63, 3.8) is 0 Å². The number of Topliss-reactive ketones (excluding diaryl/α,β-unsaturated/α-hetero) is 1. The second-order valence-electron chi connectivity index (χ2n) is 4.26. The average Bonchev–Trinajstić information content (AvgIpc) is 2.39. The maximum atomic E-state index is 12.6. The molecule has 5 heteroatoms. The van der Waals surface area contributed by atoms with Crippen molar-refractivity contribution >= 4 is 27.4 Å². The molecule has 0 aliphatic carbocycles. The Balaban J connectivity index is 3.09.